The minimum Gasteiger partial charge on any atom is -0.434 e. The van der Waals surface area contributed by atoms with Gasteiger partial charge in [0.1, 0.15) is 10.8 Å². The number of nitrogens with one attached hydrogen (secondary N) is 1. The zero-order valence-corrected chi connectivity index (χ0v) is 13.8. The van der Waals surface area contributed by atoms with Gasteiger partial charge in [0.05, 0.1) is 6.04 Å². The summed E-state index contributed by atoms with van der Waals surface area (Å²) in [5.74, 6) is 0.190. The van der Waals surface area contributed by atoms with Gasteiger partial charge in [-0.15, -0.1) is 11.3 Å². The highest BCUT2D eigenvalue weighted by Gasteiger charge is 2.14. The first-order valence-electron chi connectivity index (χ1n) is 6.46. The minimum absolute atomic E-state index is 0.100. The van der Waals surface area contributed by atoms with E-state index in [-0.39, 0.29) is 11.8 Å². The number of halogens is 3. The van der Waals surface area contributed by atoms with Crippen LogP contribution in [0.5, 0.6) is 5.75 Å². The first-order chi connectivity index (χ1) is 10.1. The molecule has 0 aliphatic carbocycles. The standard InChI is InChI=1S/C14H15BrF2N2OS/c1-2-11(13-18-5-6-21-13)19-8-9-7-10(15)3-4-12(9)20-14(16)17/h3-7,11,14,19H,2,8H2,1H3. The van der Waals surface area contributed by atoms with Gasteiger partial charge in [-0.1, -0.05) is 22.9 Å². The van der Waals surface area contributed by atoms with Crippen molar-refractivity contribution in [2.24, 2.45) is 0 Å². The number of hydrogen-bond acceptors (Lipinski definition) is 4. The van der Waals surface area contributed by atoms with Gasteiger partial charge < -0.3 is 10.1 Å². The molecule has 1 unspecified atom stereocenters. The number of rotatable bonds is 7. The van der Waals surface area contributed by atoms with Gasteiger partial charge in [0.15, 0.2) is 0 Å². The van der Waals surface area contributed by atoms with Crippen LogP contribution in [-0.4, -0.2) is 11.6 Å². The summed E-state index contributed by atoms with van der Waals surface area (Å²) in [6.45, 7) is -0.346. The van der Waals surface area contributed by atoms with Crippen molar-refractivity contribution in [2.75, 3.05) is 0 Å². The normalized spacial score (nSPS) is 12.6. The van der Waals surface area contributed by atoms with E-state index in [9.17, 15) is 8.78 Å². The number of ether oxygens (including phenoxy) is 1. The second-order valence-corrected chi connectivity index (χ2v) is 6.18. The van der Waals surface area contributed by atoms with Crippen molar-refractivity contribution < 1.29 is 13.5 Å². The molecular formula is C14H15BrF2N2OS. The quantitative estimate of drug-likeness (QED) is 0.756. The van der Waals surface area contributed by atoms with Crippen LogP contribution in [0.4, 0.5) is 8.78 Å². The van der Waals surface area contributed by atoms with Gasteiger partial charge in [-0.25, -0.2) is 4.98 Å². The molecule has 1 N–H and O–H groups in total. The van der Waals surface area contributed by atoms with E-state index in [2.05, 4.69) is 37.9 Å². The predicted octanol–water partition coefficient (Wildman–Crippen LogP) is 4.75. The second-order valence-electron chi connectivity index (χ2n) is 4.34. The largest absolute Gasteiger partial charge is 0.434 e. The van der Waals surface area contributed by atoms with Crippen LogP contribution < -0.4 is 10.1 Å². The summed E-state index contributed by atoms with van der Waals surface area (Å²) in [7, 11) is 0. The molecule has 0 aliphatic heterocycles. The molecule has 2 aromatic rings. The summed E-state index contributed by atoms with van der Waals surface area (Å²) in [5, 5.41) is 6.24. The van der Waals surface area contributed by atoms with E-state index in [1.54, 1.807) is 29.7 Å². The fourth-order valence-electron chi connectivity index (χ4n) is 1.94. The zero-order valence-electron chi connectivity index (χ0n) is 11.4. The number of benzene rings is 1. The van der Waals surface area contributed by atoms with Crippen molar-refractivity contribution in [3.8, 4) is 5.75 Å². The zero-order chi connectivity index (χ0) is 15.2. The van der Waals surface area contributed by atoms with Crippen LogP contribution in [0.15, 0.2) is 34.2 Å². The SMILES string of the molecule is CCC(NCc1cc(Br)ccc1OC(F)F)c1nccs1. The molecule has 1 atom stereocenters. The van der Waals surface area contributed by atoms with Gasteiger partial charge in [-0.05, 0) is 24.6 Å². The highest BCUT2D eigenvalue weighted by atomic mass is 79.9. The molecule has 0 saturated heterocycles. The first-order valence-corrected chi connectivity index (χ1v) is 8.13. The van der Waals surface area contributed by atoms with Crippen molar-refractivity contribution in [2.45, 2.75) is 32.5 Å². The smallest absolute Gasteiger partial charge is 0.387 e. The van der Waals surface area contributed by atoms with Gasteiger partial charge in [0.2, 0.25) is 0 Å². The Balaban J connectivity index is 2.09. The third-order valence-corrected chi connectivity index (χ3v) is 4.32. The minimum atomic E-state index is -2.83. The molecule has 114 valence electrons. The maximum Gasteiger partial charge on any atom is 0.387 e. The van der Waals surface area contributed by atoms with Gasteiger partial charge in [0, 0.05) is 28.2 Å². The van der Waals surface area contributed by atoms with E-state index in [4.69, 9.17) is 0 Å². The average Bonchev–Trinajstić information content (AvgIpc) is 2.96. The Bertz CT molecular complexity index is 566. The highest BCUT2D eigenvalue weighted by Crippen LogP contribution is 2.26. The molecule has 0 radical (unpaired) electrons. The molecule has 0 spiro atoms. The molecule has 1 aromatic heterocycles. The topological polar surface area (TPSA) is 34.1 Å². The van der Waals surface area contributed by atoms with Crippen LogP contribution >= 0.6 is 27.3 Å². The van der Waals surface area contributed by atoms with Crippen LogP contribution in [0.2, 0.25) is 0 Å². The van der Waals surface area contributed by atoms with E-state index in [0.29, 0.717) is 12.1 Å². The molecule has 1 heterocycles. The molecule has 0 saturated carbocycles. The summed E-state index contributed by atoms with van der Waals surface area (Å²) in [5.41, 5.74) is 0.680. The van der Waals surface area contributed by atoms with Gasteiger partial charge in [0.25, 0.3) is 0 Å². The summed E-state index contributed by atoms with van der Waals surface area (Å²) in [4.78, 5) is 4.28. The highest BCUT2D eigenvalue weighted by molar-refractivity contribution is 9.10. The molecule has 0 aliphatic rings. The van der Waals surface area contributed by atoms with Crippen LogP contribution in [-0.2, 0) is 6.54 Å². The molecule has 0 amide bonds. The fraction of sp³-hybridized carbons (Fsp3) is 0.357. The average molecular weight is 377 g/mol. The van der Waals surface area contributed by atoms with Crippen molar-refractivity contribution in [3.05, 3.63) is 44.8 Å². The fourth-order valence-corrected chi connectivity index (χ4v) is 3.15. The lowest BCUT2D eigenvalue weighted by molar-refractivity contribution is -0.0505. The van der Waals surface area contributed by atoms with E-state index in [0.717, 1.165) is 15.9 Å². The number of aromatic nitrogens is 1. The summed E-state index contributed by atoms with van der Waals surface area (Å²) < 4.78 is 30.2. The van der Waals surface area contributed by atoms with E-state index in [1.165, 1.54) is 6.07 Å². The Labute approximate surface area is 134 Å². The second kappa shape index (κ2) is 7.82. The van der Waals surface area contributed by atoms with Crippen LogP contribution in [0.3, 0.4) is 0 Å². The number of nitrogens with zero attached hydrogens (tertiary/aromatic N) is 1. The molecule has 0 bridgehead atoms. The Morgan fingerprint density at radius 1 is 1.43 bits per heavy atom. The molecule has 3 nitrogen and oxygen atoms in total. The lowest BCUT2D eigenvalue weighted by atomic mass is 10.1. The molecule has 1 aromatic carbocycles. The van der Waals surface area contributed by atoms with Crippen LogP contribution in [0.1, 0.15) is 30.0 Å². The Kier molecular flexibility index (Phi) is 6.08. The van der Waals surface area contributed by atoms with Crippen LogP contribution in [0.25, 0.3) is 0 Å². The van der Waals surface area contributed by atoms with Crippen molar-refractivity contribution in [3.63, 3.8) is 0 Å². The van der Waals surface area contributed by atoms with E-state index >= 15 is 0 Å². The number of hydrogen-bond donors (Lipinski definition) is 1. The number of alkyl halides is 2. The van der Waals surface area contributed by atoms with Gasteiger partial charge in [-0.3, -0.25) is 0 Å². The maximum absolute atomic E-state index is 12.4. The Morgan fingerprint density at radius 2 is 2.24 bits per heavy atom. The van der Waals surface area contributed by atoms with Crippen molar-refractivity contribution in [1.29, 1.82) is 0 Å². The third kappa shape index (κ3) is 4.72. The molecule has 21 heavy (non-hydrogen) atoms. The van der Waals surface area contributed by atoms with Crippen molar-refractivity contribution >= 4 is 27.3 Å². The van der Waals surface area contributed by atoms with Gasteiger partial charge >= 0.3 is 6.61 Å². The Hall–Kier alpha value is -1.05. The lowest BCUT2D eigenvalue weighted by Gasteiger charge is -2.16. The summed E-state index contributed by atoms with van der Waals surface area (Å²) in [6.07, 6.45) is 2.63. The number of thiazole rings is 1. The van der Waals surface area contributed by atoms with E-state index in [1.807, 2.05) is 5.38 Å². The van der Waals surface area contributed by atoms with Crippen LogP contribution in [0, 0.1) is 0 Å². The lowest BCUT2D eigenvalue weighted by Crippen LogP contribution is -2.20. The molecule has 7 heteroatoms. The van der Waals surface area contributed by atoms with Gasteiger partial charge in [-0.2, -0.15) is 8.78 Å². The molecule has 2 rings (SSSR count). The third-order valence-electron chi connectivity index (χ3n) is 2.94. The molecular weight excluding hydrogens is 362 g/mol. The first kappa shape index (κ1) is 16.3. The summed E-state index contributed by atoms with van der Waals surface area (Å²) in [6, 6.07) is 5.10. The van der Waals surface area contributed by atoms with Crippen molar-refractivity contribution in [1.82, 2.24) is 10.3 Å². The predicted molar refractivity (Wildman–Crippen MR) is 82.8 cm³/mol. The van der Waals surface area contributed by atoms with E-state index < -0.39 is 6.61 Å². The molecule has 0 fully saturated rings. The Morgan fingerprint density at radius 3 is 2.86 bits per heavy atom. The maximum atomic E-state index is 12.4. The summed E-state index contributed by atoms with van der Waals surface area (Å²) >= 11 is 4.92. The monoisotopic (exact) mass is 376 g/mol.